The molecule has 1 atom stereocenters. The number of likely N-dealkylation sites (tertiary alicyclic amines) is 1. The van der Waals surface area contributed by atoms with Crippen molar-refractivity contribution in [1.82, 2.24) is 9.80 Å². The van der Waals surface area contributed by atoms with Crippen LogP contribution in [0.2, 0.25) is 0 Å². The highest BCUT2D eigenvalue weighted by Crippen LogP contribution is 2.39. The van der Waals surface area contributed by atoms with Gasteiger partial charge in [0, 0.05) is 18.7 Å². The molecule has 1 aliphatic heterocycles. The number of amides is 1. The van der Waals surface area contributed by atoms with E-state index >= 15 is 0 Å². The van der Waals surface area contributed by atoms with Crippen molar-refractivity contribution in [1.29, 1.82) is 0 Å². The van der Waals surface area contributed by atoms with Crippen molar-refractivity contribution >= 4 is 17.4 Å². The normalized spacial score (nSPS) is 17.8. The molecule has 1 saturated heterocycles. The maximum Gasteiger partial charge on any atom is 0.295 e. The van der Waals surface area contributed by atoms with E-state index < -0.39 is 17.7 Å². The van der Waals surface area contributed by atoms with Crippen molar-refractivity contribution in [2.75, 3.05) is 40.4 Å². The molecule has 170 valence electrons. The van der Waals surface area contributed by atoms with E-state index in [9.17, 15) is 14.7 Å². The largest absolute Gasteiger partial charge is 0.507 e. The van der Waals surface area contributed by atoms with Gasteiger partial charge in [-0.2, -0.15) is 0 Å². The molecule has 0 aromatic heterocycles. The number of benzene rings is 2. The van der Waals surface area contributed by atoms with Gasteiger partial charge in [0.15, 0.2) is 0 Å². The lowest BCUT2D eigenvalue weighted by atomic mass is 9.95. The van der Waals surface area contributed by atoms with E-state index in [4.69, 9.17) is 9.47 Å². The van der Waals surface area contributed by atoms with Crippen LogP contribution in [0.4, 0.5) is 0 Å². The molecule has 0 unspecified atom stereocenters. The van der Waals surface area contributed by atoms with Gasteiger partial charge in [-0.3, -0.25) is 9.59 Å². The smallest absolute Gasteiger partial charge is 0.295 e. The number of likely N-dealkylation sites (N-methyl/N-ethyl adjacent to an activating group) is 1. The van der Waals surface area contributed by atoms with Crippen LogP contribution in [0.1, 0.15) is 31.0 Å². The summed E-state index contributed by atoms with van der Waals surface area (Å²) in [4.78, 5) is 29.8. The molecular formula is C25H30N2O5. The number of rotatable bonds is 9. The lowest BCUT2D eigenvalue weighted by Gasteiger charge is -2.28. The summed E-state index contributed by atoms with van der Waals surface area (Å²) in [5.74, 6) is -0.180. The highest BCUT2D eigenvalue weighted by molar-refractivity contribution is 6.46. The molecule has 0 aliphatic carbocycles. The summed E-state index contributed by atoms with van der Waals surface area (Å²) in [6, 6.07) is 13.3. The molecule has 32 heavy (non-hydrogen) atoms. The Hall–Kier alpha value is -3.32. The van der Waals surface area contributed by atoms with E-state index in [1.165, 1.54) is 0 Å². The van der Waals surface area contributed by atoms with Gasteiger partial charge in [-0.15, -0.1) is 0 Å². The SMILES string of the molecule is CCN(CC)CCN1C(=O)C(=O)/C(=C(/O)c2ccc(OC)cc2)[C@@H]1c1ccc(OC)cc1. The quantitative estimate of drug-likeness (QED) is 0.367. The van der Waals surface area contributed by atoms with Crippen molar-refractivity contribution in [2.45, 2.75) is 19.9 Å². The number of methoxy groups -OCH3 is 2. The standard InChI is InChI=1S/C25H30N2O5/c1-5-26(6-2)15-16-27-22(17-7-11-19(31-3)12-8-17)21(24(29)25(27)30)23(28)18-9-13-20(32-4)14-10-18/h7-14,22,28H,5-6,15-16H2,1-4H3/b23-21+/t22-/m0/s1. The summed E-state index contributed by atoms with van der Waals surface area (Å²) in [5, 5.41) is 11.1. The first-order chi connectivity index (χ1) is 15.4. The van der Waals surface area contributed by atoms with Gasteiger partial charge in [-0.05, 0) is 55.1 Å². The van der Waals surface area contributed by atoms with E-state index in [0.29, 0.717) is 30.2 Å². The van der Waals surface area contributed by atoms with Crippen molar-refractivity contribution in [3.8, 4) is 11.5 Å². The summed E-state index contributed by atoms with van der Waals surface area (Å²) in [6.07, 6.45) is 0. The highest BCUT2D eigenvalue weighted by Gasteiger charge is 2.45. The Morgan fingerprint density at radius 2 is 1.47 bits per heavy atom. The van der Waals surface area contributed by atoms with Crippen LogP contribution in [0.25, 0.3) is 5.76 Å². The molecule has 0 bridgehead atoms. The predicted molar refractivity (Wildman–Crippen MR) is 123 cm³/mol. The Kier molecular flexibility index (Phi) is 7.53. The molecule has 1 N–H and O–H groups in total. The number of aliphatic hydroxyl groups is 1. The van der Waals surface area contributed by atoms with Gasteiger partial charge < -0.3 is 24.4 Å². The third-order valence-corrected chi connectivity index (χ3v) is 5.89. The fourth-order valence-electron chi connectivity index (χ4n) is 3.94. The first kappa shape index (κ1) is 23.3. The summed E-state index contributed by atoms with van der Waals surface area (Å²) >= 11 is 0. The second kappa shape index (κ2) is 10.3. The van der Waals surface area contributed by atoms with Crippen LogP contribution in [0.5, 0.6) is 11.5 Å². The molecule has 1 aliphatic rings. The Morgan fingerprint density at radius 1 is 0.938 bits per heavy atom. The molecule has 2 aromatic carbocycles. The third-order valence-electron chi connectivity index (χ3n) is 5.89. The van der Waals surface area contributed by atoms with E-state index in [2.05, 4.69) is 18.7 Å². The molecule has 1 amide bonds. The first-order valence-corrected chi connectivity index (χ1v) is 10.7. The molecule has 1 heterocycles. The number of carbonyl (C=O) groups excluding carboxylic acids is 2. The Bertz CT molecular complexity index is 978. The van der Waals surface area contributed by atoms with Crippen LogP contribution in [0, 0.1) is 0 Å². The summed E-state index contributed by atoms with van der Waals surface area (Å²) in [5.41, 5.74) is 1.27. The van der Waals surface area contributed by atoms with E-state index in [1.807, 2.05) is 12.1 Å². The fraction of sp³-hybridized carbons (Fsp3) is 0.360. The average molecular weight is 439 g/mol. The molecule has 1 fully saturated rings. The first-order valence-electron chi connectivity index (χ1n) is 10.7. The molecule has 7 nitrogen and oxygen atoms in total. The van der Waals surface area contributed by atoms with Gasteiger partial charge in [-0.1, -0.05) is 26.0 Å². The highest BCUT2D eigenvalue weighted by atomic mass is 16.5. The molecule has 3 rings (SSSR count). The zero-order chi connectivity index (χ0) is 23.3. The Labute approximate surface area is 188 Å². The van der Waals surface area contributed by atoms with Crippen LogP contribution in [-0.2, 0) is 9.59 Å². The lowest BCUT2D eigenvalue weighted by Crippen LogP contribution is -2.38. The number of Topliss-reactive ketones (excluding diaryl/α,β-unsaturated/α-hetero) is 1. The molecule has 0 radical (unpaired) electrons. The van der Waals surface area contributed by atoms with Crippen molar-refractivity contribution in [2.24, 2.45) is 0 Å². The van der Waals surface area contributed by atoms with Gasteiger partial charge in [-0.25, -0.2) is 0 Å². The summed E-state index contributed by atoms with van der Waals surface area (Å²) < 4.78 is 10.4. The average Bonchev–Trinajstić information content (AvgIpc) is 3.09. The topological polar surface area (TPSA) is 79.3 Å². The lowest BCUT2D eigenvalue weighted by molar-refractivity contribution is -0.140. The number of ketones is 1. The van der Waals surface area contributed by atoms with Crippen LogP contribution in [-0.4, -0.2) is 67.0 Å². The monoisotopic (exact) mass is 438 g/mol. The van der Waals surface area contributed by atoms with Gasteiger partial charge in [0.25, 0.3) is 11.7 Å². The minimum Gasteiger partial charge on any atom is -0.507 e. The molecule has 0 saturated carbocycles. The maximum atomic E-state index is 13.1. The van der Waals surface area contributed by atoms with E-state index in [-0.39, 0.29) is 11.3 Å². The Balaban J connectivity index is 2.07. The third kappa shape index (κ3) is 4.62. The van der Waals surface area contributed by atoms with Crippen molar-refractivity contribution in [3.63, 3.8) is 0 Å². The Morgan fingerprint density at radius 3 is 1.97 bits per heavy atom. The number of aliphatic hydroxyl groups excluding tert-OH is 1. The number of carbonyl (C=O) groups is 2. The van der Waals surface area contributed by atoms with Crippen LogP contribution in [0.15, 0.2) is 54.1 Å². The maximum absolute atomic E-state index is 13.1. The zero-order valence-corrected chi connectivity index (χ0v) is 19.0. The molecule has 2 aromatic rings. The van der Waals surface area contributed by atoms with E-state index in [1.54, 1.807) is 55.5 Å². The van der Waals surface area contributed by atoms with Gasteiger partial charge >= 0.3 is 0 Å². The van der Waals surface area contributed by atoms with Gasteiger partial charge in [0.2, 0.25) is 0 Å². The van der Waals surface area contributed by atoms with Gasteiger partial charge in [0.1, 0.15) is 17.3 Å². The molecular weight excluding hydrogens is 408 g/mol. The number of hydrogen-bond acceptors (Lipinski definition) is 6. The summed E-state index contributed by atoms with van der Waals surface area (Å²) in [6.45, 7) is 6.82. The minimum atomic E-state index is -0.682. The summed E-state index contributed by atoms with van der Waals surface area (Å²) in [7, 11) is 3.13. The van der Waals surface area contributed by atoms with E-state index in [0.717, 1.165) is 18.7 Å². The van der Waals surface area contributed by atoms with Crippen LogP contribution >= 0.6 is 0 Å². The fourth-order valence-corrected chi connectivity index (χ4v) is 3.94. The van der Waals surface area contributed by atoms with Crippen molar-refractivity contribution < 1.29 is 24.2 Å². The second-order valence-corrected chi connectivity index (χ2v) is 7.52. The van der Waals surface area contributed by atoms with Crippen LogP contribution in [0.3, 0.4) is 0 Å². The minimum absolute atomic E-state index is 0.0879. The molecule has 7 heteroatoms. The number of hydrogen-bond donors (Lipinski definition) is 1. The second-order valence-electron chi connectivity index (χ2n) is 7.52. The number of ether oxygens (including phenoxy) is 2. The van der Waals surface area contributed by atoms with Crippen molar-refractivity contribution in [3.05, 3.63) is 65.2 Å². The molecule has 0 spiro atoms. The van der Waals surface area contributed by atoms with Crippen LogP contribution < -0.4 is 9.47 Å². The predicted octanol–water partition coefficient (Wildman–Crippen LogP) is 3.47. The zero-order valence-electron chi connectivity index (χ0n) is 19.0. The number of nitrogens with zero attached hydrogens (tertiary/aromatic N) is 2. The van der Waals surface area contributed by atoms with Gasteiger partial charge in [0.05, 0.1) is 25.8 Å².